The third-order valence-corrected chi connectivity index (χ3v) is 6.58. The van der Waals surface area contributed by atoms with Crippen molar-refractivity contribution in [2.75, 3.05) is 35.6 Å². The fourth-order valence-electron chi connectivity index (χ4n) is 4.01. The van der Waals surface area contributed by atoms with Gasteiger partial charge in [-0.15, -0.1) is 10.2 Å². The Bertz CT molecular complexity index is 917. The van der Waals surface area contributed by atoms with Gasteiger partial charge in [-0.2, -0.15) is 0 Å². The Morgan fingerprint density at radius 1 is 1.09 bits per heavy atom. The number of nitrogens with one attached hydrogen (secondary N) is 2. The molecule has 2 aromatic rings. The Morgan fingerprint density at radius 2 is 1.78 bits per heavy atom. The fraction of sp³-hybridized carbons (Fsp3) is 0.500. The van der Waals surface area contributed by atoms with Gasteiger partial charge in [-0.3, -0.25) is 9.59 Å². The summed E-state index contributed by atoms with van der Waals surface area (Å²) < 4.78 is 0. The normalized spacial score (nSPS) is 14.3. The Balaban J connectivity index is 1.47. The standard InChI is InChI=1S/C24H33N5O2S/c1-5-10-25-24(31)19-8-11-29(12-9-19)20-6-7-22(28-27-20)32-15-21(30)26-23-17(3)13-16(2)14-18(23)4/h6-7,13-14,19H,5,8-12,15H2,1-4H3,(H,25,31)(H,26,30). The molecule has 0 aliphatic carbocycles. The Hall–Kier alpha value is -2.61. The summed E-state index contributed by atoms with van der Waals surface area (Å²) in [5.41, 5.74) is 4.20. The molecular formula is C24H33N5O2S. The van der Waals surface area contributed by atoms with Crippen molar-refractivity contribution in [3.8, 4) is 0 Å². The zero-order chi connectivity index (χ0) is 23.1. The van der Waals surface area contributed by atoms with Crippen molar-refractivity contribution >= 4 is 35.1 Å². The van der Waals surface area contributed by atoms with Crippen LogP contribution in [0.3, 0.4) is 0 Å². The molecule has 3 rings (SSSR count). The summed E-state index contributed by atoms with van der Waals surface area (Å²) in [6.07, 6.45) is 2.61. The first kappa shape index (κ1) is 24.0. The summed E-state index contributed by atoms with van der Waals surface area (Å²) in [4.78, 5) is 26.7. The van der Waals surface area contributed by atoms with Crippen LogP contribution in [0.1, 0.15) is 42.9 Å². The average Bonchev–Trinajstić information content (AvgIpc) is 2.79. The molecule has 0 atom stereocenters. The van der Waals surface area contributed by atoms with E-state index in [0.29, 0.717) is 0 Å². The minimum Gasteiger partial charge on any atom is -0.356 e. The van der Waals surface area contributed by atoms with Gasteiger partial charge in [0.25, 0.3) is 0 Å². The predicted molar refractivity (Wildman–Crippen MR) is 130 cm³/mol. The maximum atomic E-state index is 12.4. The van der Waals surface area contributed by atoms with Crippen LogP contribution >= 0.6 is 11.8 Å². The summed E-state index contributed by atoms with van der Waals surface area (Å²) in [6, 6.07) is 7.99. The van der Waals surface area contributed by atoms with E-state index in [4.69, 9.17) is 0 Å². The predicted octanol–water partition coefficient (Wildman–Crippen LogP) is 3.88. The maximum Gasteiger partial charge on any atom is 0.234 e. The lowest BCUT2D eigenvalue weighted by Crippen LogP contribution is -2.41. The topological polar surface area (TPSA) is 87.2 Å². The maximum absolute atomic E-state index is 12.4. The first-order chi connectivity index (χ1) is 15.4. The van der Waals surface area contributed by atoms with Gasteiger partial charge in [-0.25, -0.2) is 0 Å². The molecule has 0 saturated carbocycles. The van der Waals surface area contributed by atoms with Gasteiger partial charge >= 0.3 is 0 Å². The largest absolute Gasteiger partial charge is 0.356 e. The Kier molecular flexibility index (Phi) is 8.50. The van der Waals surface area contributed by atoms with E-state index in [-0.39, 0.29) is 23.5 Å². The molecule has 1 fully saturated rings. The molecule has 2 heterocycles. The zero-order valence-electron chi connectivity index (χ0n) is 19.4. The van der Waals surface area contributed by atoms with E-state index in [1.165, 1.54) is 17.3 Å². The van der Waals surface area contributed by atoms with Crippen LogP contribution in [0.25, 0.3) is 0 Å². The molecule has 2 N–H and O–H groups in total. The third kappa shape index (κ3) is 6.45. The van der Waals surface area contributed by atoms with Crippen LogP contribution in [-0.4, -0.2) is 47.4 Å². The second kappa shape index (κ2) is 11.3. The molecule has 2 amide bonds. The van der Waals surface area contributed by atoms with Crippen LogP contribution < -0.4 is 15.5 Å². The molecule has 1 aromatic carbocycles. The van der Waals surface area contributed by atoms with Crippen molar-refractivity contribution in [2.24, 2.45) is 5.92 Å². The van der Waals surface area contributed by atoms with Crippen LogP contribution in [0.4, 0.5) is 11.5 Å². The molecule has 32 heavy (non-hydrogen) atoms. The van der Waals surface area contributed by atoms with E-state index in [2.05, 4.69) is 51.7 Å². The van der Waals surface area contributed by atoms with Gasteiger partial charge in [0.1, 0.15) is 5.03 Å². The smallest absolute Gasteiger partial charge is 0.234 e. The molecule has 8 heteroatoms. The molecule has 0 spiro atoms. The lowest BCUT2D eigenvalue weighted by Gasteiger charge is -2.31. The van der Waals surface area contributed by atoms with Gasteiger partial charge < -0.3 is 15.5 Å². The SMILES string of the molecule is CCCNC(=O)C1CCN(c2ccc(SCC(=O)Nc3c(C)cc(C)cc3C)nn2)CC1. The van der Waals surface area contributed by atoms with Gasteiger partial charge in [0, 0.05) is 31.2 Å². The van der Waals surface area contributed by atoms with Crippen molar-refractivity contribution in [1.29, 1.82) is 0 Å². The summed E-state index contributed by atoms with van der Waals surface area (Å²) in [6.45, 7) is 10.5. The second-order valence-electron chi connectivity index (χ2n) is 8.39. The highest BCUT2D eigenvalue weighted by Gasteiger charge is 2.25. The van der Waals surface area contributed by atoms with Crippen molar-refractivity contribution in [2.45, 2.75) is 52.0 Å². The molecule has 1 aromatic heterocycles. The quantitative estimate of drug-likeness (QED) is 0.588. The highest BCUT2D eigenvalue weighted by Crippen LogP contribution is 2.25. The number of benzene rings is 1. The minimum atomic E-state index is -0.0562. The van der Waals surface area contributed by atoms with Gasteiger partial charge in [-0.05, 0) is 63.3 Å². The minimum absolute atomic E-state index is 0.0562. The first-order valence-electron chi connectivity index (χ1n) is 11.2. The van der Waals surface area contributed by atoms with Crippen LogP contribution in [0.2, 0.25) is 0 Å². The molecule has 1 aliphatic heterocycles. The molecule has 7 nitrogen and oxygen atoms in total. The highest BCUT2D eigenvalue weighted by atomic mass is 32.2. The number of piperidine rings is 1. The zero-order valence-corrected chi connectivity index (χ0v) is 20.2. The van der Waals surface area contributed by atoms with E-state index in [0.717, 1.165) is 66.6 Å². The van der Waals surface area contributed by atoms with Crippen LogP contribution in [-0.2, 0) is 9.59 Å². The number of thioether (sulfide) groups is 1. The molecule has 0 radical (unpaired) electrons. The summed E-state index contributed by atoms with van der Waals surface area (Å²) in [7, 11) is 0. The monoisotopic (exact) mass is 455 g/mol. The number of anilines is 2. The number of hydrogen-bond acceptors (Lipinski definition) is 6. The van der Waals surface area contributed by atoms with E-state index in [9.17, 15) is 9.59 Å². The van der Waals surface area contributed by atoms with Gasteiger partial charge in [0.2, 0.25) is 11.8 Å². The van der Waals surface area contributed by atoms with E-state index in [1.54, 1.807) is 0 Å². The number of hydrogen-bond donors (Lipinski definition) is 2. The summed E-state index contributed by atoms with van der Waals surface area (Å²) >= 11 is 1.37. The third-order valence-electron chi connectivity index (χ3n) is 5.66. The first-order valence-corrected chi connectivity index (χ1v) is 12.2. The van der Waals surface area contributed by atoms with E-state index >= 15 is 0 Å². The Labute approximate surface area is 194 Å². The number of aromatic nitrogens is 2. The Morgan fingerprint density at radius 3 is 2.38 bits per heavy atom. The molecule has 1 saturated heterocycles. The number of rotatable bonds is 8. The average molecular weight is 456 g/mol. The number of carbonyl (C=O) groups is 2. The van der Waals surface area contributed by atoms with Crippen molar-refractivity contribution in [3.63, 3.8) is 0 Å². The molecule has 0 bridgehead atoms. The van der Waals surface area contributed by atoms with Gasteiger partial charge in [-0.1, -0.05) is 36.4 Å². The molecule has 1 aliphatic rings. The number of amides is 2. The molecular weight excluding hydrogens is 422 g/mol. The summed E-state index contributed by atoms with van der Waals surface area (Å²) in [5, 5.41) is 15.4. The van der Waals surface area contributed by atoms with E-state index in [1.807, 2.05) is 26.0 Å². The van der Waals surface area contributed by atoms with Gasteiger partial charge in [0.15, 0.2) is 5.82 Å². The van der Waals surface area contributed by atoms with Crippen LogP contribution in [0.15, 0.2) is 29.3 Å². The molecule has 172 valence electrons. The summed E-state index contributed by atoms with van der Waals surface area (Å²) in [5.74, 6) is 1.29. The molecule has 0 unspecified atom stereocenters. The number of aryl methyl sites for hydroxylation is 3. The van der Waals surface area contributed by atoms with Crippen molar-refractivity contribution < 1.29 is 9.59 Å². The van der Waals surface area contributed by atoms with Crippen molar-refractivity contribution in [3.05, 3.63) is 41.0 Å². The van der Waals surface area contributed by atoms with Crippen LogP contribution in [0, 0.1) is 26.7 Å². The lowest BCUT2D eigenvalue weighted by atomic mass is 9.96. The van der Waals surface area contributed by atoms with Crippen LogP contribution in [0.5, 0.6) is 0 Å². The number of carbonyl (C=O) groups excluding carboxylic acids is 2. The lowest BCUT2D eigenvalue weighted by molar-refractivity contribution is -0.125. The number of nitrogens with zero attached hydrogens (tertiary/aromatic N) is 3. The fourth-order valence-corrected chi connectivity index (χ4v) is 4.63. The second-order valence-corrected chi connectivity index (χ2v) is 9.39. The van der Waals surface area contributed by atoms with E-state index < -0.39 is 0 Å². The van der Waals surface area contributed by atoms with Crippen molar-refractivity contribution in [1.82, 2.24) is 15.5 Å². The van der Waals surface area contributed by atoms with Gasteiger partial charge in [0.05, 0.1) is 5.75 Å². The highest BCUT2D eigenvalue weighted by molar-refractivity contribution is 7.99.